The zero-order valence-corrected chi connectivity index (χ0v) is 18.2. The lowest BCUT2D eigenvalue weighted by molar-refractivity contribution is -0.958. The van der Waals surface area contributed by atoms with Gasteiger partial charge in [-0.3, -0.25) is 9.59 Å². The Morgan fingerprint density at radius 3 is 1.36 bits per heavy atom. The SMILES string of the molecule is CC(=O)c1cccc(C[N+](C)(C)CC[N+](C)(C)Cc2cccc(C(C)=O)c2)c1. The van der Waals surface area contributed by atoms with Crippen molar-refractivity contribution in [3.63, 3.8) is 0 Å². The van der Waals surface area contributed by atoms with E-state index in [-0.39, 0.29) is 11.6 Å². The van der Waals surface area contributed by atoms with Crippen molar-refractivity contribution in [2.45, 2.75) is 26.9 Å². The summed E-state index contributed by atoms with van der Waals surface area (Å²) in [5.41, 5.74) is 3.94. The first-order chi connectivity index (χ1) is 13.0. The molecule has 0 aliphatic rings. The van der Waals surface area contributed by atoms with Gasteiger partial charge in [0.2, 0.25) is 0 Å². The lowest BCUT2D eigenvalue weighted by Gasteiger charge is -2.36. The van der Waals surface area contributed by atoms with E-state index >= 15 is 0 Å². The van der Waals surface area contributed by atoms with Gasteiger partial charge in [-0.15, -0.1) is 0 Å². The molecule has 4 nitrogen and oxygen atoms in total. The van der Waals surface area contributed by atoms with E-state index in [4.69, 9.17) is 0 Å². The van der Waals surface area contributed by atoms with Crippen molar-refractivity contribution in [2.24, 2.45) is 0 Å². The van der Waals surface area contributed by atoms with E-state index in [0.29, 0.717) is 0 Å². The largest absolute Gasteiger partial charge is 0.320 e. The molecule has 0 spiro atoms. The van der Waals surface area contributed by atoms with Crippen molar-refractivity contribution in [2.75, 3.05) is 41.3 Å². The Bertz CT molecular complexity index is 782. The predicted octanol–water partition coefficient (Wildman–Crippen LogP) is 3.94. The number of carbonyl (C=O) groups excluding carboxylic acids is 2. The Hall–Kier alpha value is -2.30. The monoisotopic (exact) mass is 382 g/mol. The number of nitrogens with zero attached hydrogens (tertiary/aromatic N) is 2. The van der Waals surface area contributed by atoms with Crippen molar-refractivity contribution >= 4 is 11.6 Å². The predicted molar refractivity (Wildman–Crippen MR) is 114 cm³/mol. The Morgan fingerprint density at radius 1 is 0.679 bits per heavy atom. The number of Topliss-reactive ketones (excluding diaryl/α,β-unsaturated/α-hetero) is 2. The van der Waals surface area contributed by atoms with Crippen molar-refractivity contribution < 1.29 is 18.6 Å². The minimum absolute atomic E-state index is 0.109. The van der Waals surface area contributed by atoms with E-state index in [2.05, 4.69) is 40.3 Å². The minimum Gasteiger partial charge on any atom is -0.320 e. The number of rotatable bonds is 9. The molecule has 2 aromatic carbocycles. The first-order valence-electron chi connectivity index (χ1n) is 9.81. The lowest BCUT2D eigenvalue weighted by Crippen LogP contribution is -2.50. The van der Waals surface area contributed by atoms with Crippen LogP contribution in [-0.2, 0) is 13.1 Å². The molecule has 0 bridgehead atoms. The number of carbonyl (C=O) groups is 2. The van der Waals surface area contributed by atoms with Gasteiger partial charge in [0.25, 0.3) is 0 Å². The van der Waals surface area contributed by atoms with Crippen molar-refractivity contribution in [3.05, 3.63) is 70.8 Å². The van der Waals surface area contributed by atoms with Crippen molar-refractivity contribution in [3.8, 4) is 0 Å². The number of benzene rings is 2. The fourth-order valence-electron chi connectivity index (χ4n) is 3.47. The average Bonchev–Trinajstić information content (AvgIpc) is 2.60. The van der Waals surface area contributed by atoms with Crippen LogP contribution in [0.2, 0.25) is 0 Å². The van der Waals surface area contributed by atoms with E-state index < -0.39 is 0 Å². The van der Waals surface area contributed by atoms with E-state index in [1.54, 1.807) is 13.8 Å². The Kier molecular flexibility index (Phi) is 6.91. The molecule has 0 atom stereocenters. The molecule has 0 fully saturated rings. The minimum atomic E-state index is 0.109. The van der Waals surface area contributed by atoms with Gasteiger partial charge in [0, 0.05) is 22.3 Å². The van der Waals surface area contributed by atoms with E-state index in [0.717, 1.165) is 46.3 Å². The van der Waals surface area contributed by atoms with Crippen LogP contribution in [-0.4, -0.2) is 61.8 Å². The number of hydrogen-bond donors (Lipinski definition) is 0. The third kappa shape index (κ3) is 6.70. The van der Waals surface area contributed by atoms with Crippen LogP contribution in [0.25, 0.3) is 0 Å². The van der Waals surface area contributed by atoms with Crippen LogP contribution in [0.1, 0.15) is 45.7 Å². The molecule has 150 valence electrons. The molecule has 0 saturated carbocycles. The molecule has 0 radical (unpaired) electrons. The van der Waals surface area contributed by atoms with Gasteiger partial charge in [0.15, 0.2) is 11.6 Å². The lowest BCUT2D eigenvalue weighted by atomic mass is 10.1. The Balaban J connectivity index is 2.00. The van der Waals surface area contributed by atoms with Crippen LogP contribution in [0.5, 0.6) is 0 Å². The molecule has 2 aromatic rings. The van der Waals surface area contributed by atoms with Gasteiger partial charge in [0.05, 0.1) is 28.2 Å². The molecular formula is C24H34N2O2+2. The van der Waals surface area contributed by atoms with Crippen LogP contribution in [0, 0.1) is 0 Å². The highest BCUT2D eigenvalue weighted by molar-refractivity contribution is 5.94. The summed E-state index contributed by atoms with van der Waals surface area (Å²) in [4.78, 5) is 23.3. The second-order valence-electron chi connectivity index (χ2n) is 9.15. The molecular weight excluding hydrogens is 348 g/mol. The number of likely N-dealkylation sites (N-methyl/N-ethyl adjacent to an activating group) is 2. The van der Waals surface area contributed by atoms with Gasteiger partial charge in [-0.1, -0.05) is 36.4 Å². The van der Waals surface area contributed by atoms with Gasteiger partial charge >= 0.3 is 0 Å². The van der Waals surface area contributed by atoms with Gasteiger partial charge in [-0.25, -0.2) is 0 Å². The Labute approximate surface area is 169 Å². The van der Waals surface area contributed by atoms with Crippen LogP contribution in [0.3, 0.4) is 0 Å². The van der Waals surface area contributed by atoms with Gasteiger partial charge in [-0.2, -0.15) is 0 Å². The maximum absolute atomic E-state index is 11.6. The van der Waals surface area contributed by atoms with Gasteiger partial charge in [-0.05, 0) is 26.0 Å². The molecule has 4 heteroatoms. The van der Waals surface area contributed by atoms with E-state index in [1.807, 2.05) is 36.4 Å². The molecule has 0 heterocycles. The summed E-state index contributed by atoms with van der Waals surface area (Å²) in [6.07, 6.45) is 0. The normalized spacial score (nSPS) is 12.1. The topological polar surface area (TPSA) is 34.1 Å². The van der Waals surface area contributed by atoms with E-state index in [9.17, 15) is 9.59 Å². The number of quaternary nitrogens is 2. The standard InChI is InChI=1S/C24H34N2O2/c1-19(27)23-11-7-9-21(15-23)17-25(3,4)13-14-26(5,6)18-22-10-8-12-24(16-22)20(2)28/h7-12,15-16H,13-14,17-18H2,1-6H3/q+2. The molecule has 0 saturated heterocycles. The molecule has 0 aromatic heterocycles. The average molecular weight is 383 g/mol. The molecule has 2 rings (SSSR count). The van der Waals surface area contributed by atoms with E-state index in [1.165, 1.54) is 11.1 Å². The second kappa shape index (κ2) is 8.80. The summed E-state index contributed by atoms with van der Waals surface area (Å²) in [6.45, 7) is 7.04. The van der Waals surface area contributed by atoms with Crippen molar-refractivity contribution in [1.29, 1.82) is 0 Å². The second-order valence-corrected chi connectivity index (χ2v) is 9.15. The first-order valence-corrected chi connectivity index (χ1v) is 9.81. The molecule has 0 amide bonds. The van der Waals surface area contributed by atoms with Crippen LogP contribution in [0.4, 0.5) is 0 Å². The summed E-state index contributed by atoms with van der Waals surface area (Å²) in [5, 5.41) is 0. The first kappa shape index (κ1) is 22.0. The third-order valence-corrected chi connectivity index (χ3v) is 5.20. The molecule has 0 aliphatic heterocycles. The van der Waals surface area contributed by atoms with Crippen LogP contribution in [0.15, 0.2) is 48.5 Å². The highest BCUT2D eigenvalue weighted by Gasteiger charge is 2.24. The maximum atomic E-state index is 11.6. The zero-order valence-electron chi connectivity index (χ0n) is 18.2. The smallest absolute Gasteiger partial charge is 0.159 e. The molecule has 28 heavy (non-hydrogen) atoms. The zero-order chi connectivity index (χ0) is 20.9. The summed E-state index contributed by atoms with van der Waals surface area (Å²) in [5.74, 6) is 0.218. The molecule has 0 N–H and O–H groups in total. The van der Waals surface area contributed by atoms with Crippen molar-refractivity contribution in [1.82, 2.24) is 0 Å². The fraction of sp³-hybridized carbons (Fsp3) is 0.417. The highest BCUT2D eigenvalue weighted by atomic mass is 16.1. The van der Waals surface area contributed by atoms with Crippen LogP contribution < -0.4 is 0 Å². The molecule has 0 aliphatic carbocycles. The quantitative estimate of drug-likeness (QED) is 0.486. The number of ketones is 2. The number of hydrogen-bond acceptors (Lipinski definition) is 2. The summed E-state index contributed by atoms with van der Waals surface area (Å²) in [6, 6.07) is 15.9. The van der Waals surface area contributed by atoms with Crippen LogP contribution >= 0.6 is 0 Å². The third-order valence-electron chi connectivity index (χ3n) is 5.20. The summed E-state index contributed by atoms with van der Waals surface area (Å²) >= 11 is 0. The Morgan fingerprint density at radius 2 is 1.04 bits per heavy atom. The van der Waals surface area contributed by atoms with Gasteiger partial charge < -0.3 is 8.97 Å². The highest BCUT2D eigenvalue weighted by Crippen LogP contribution is 2.16. The summed E-state index contributed by atoms with van der Waals surface area (Å²) in [7, 11) is 8.93. The summed E-state index contributed by atoms with van der Waals surface area (Å²) < 4.78 is 1.72. The fourth-order valence-corrected chi connectivity index (χ4v) is 3.47. The molecule has 0 unspecified atom stereocenters. The maximum Gasteiger partial charge on any atom is 0.159 e. The van der Waals surface area contributed by atoms with Gasteiger partial charge in [0.1, 0.15) is 26.2 Å².